The smallest absolute Gasteiger partial charge is 0.120 e. The third kappa shape index (κ3) is 5.95. The standard InChI is InChI=1S/C32H35NO/c1-5-33(6-2)24-32(3,4)34-31-19-17-27(18-20-31)30-22-28(25-13-9-7-10-14-25)21-29(23-30)26-15-11-8-12-16-26/h7-23H,5-6,24H2,1-4H3. The first kappa shape index (κ1) is 23.8. The van der Waals surface area contributed by atoms with Crippen LogP contribution in [-0.2, 0) is 0 Å². The Hall–Kier alpha value is -3.36. The van der Waals surface area contributed by atoms with E-state index in [1.54, 1.807) is 0 Å². The molecule has 2 nitrogen and oxygen atoms in total. The lowest BCUT2D eigenvalue weighted by molar-refractivity contribution is 0.0634. The van der Waals surface area contributed by atoms with Gasteiger partial charge in [-0.1, -0.05) is 86.6 Å². The Kier molecular flexibility index (Phi) is 7.49. The van der Waals surface area contributed by atoms with Crippen molar-refractivity contribution in [2.45, 2.75) is 33.3 Å². The molecule has 0 atom stereocenters. The molecule has 4 aromatic carbocycles. The molecule has 0 saturated carbocycles. The van der Waals surface area contributed by atoms with Crippen molar-refractivity contribution in [3.8, 4) is 39.1 Å². The maximum atomic E-state index is 6.37. The summed E-state index contributed by atoms with van der Waals surface area (Å²) in [6.07, 6.45) is 0. The van der Waals surface area contributed by atoms with Gasteiger partial charge in [-0.3, -0.25) is 4.90 Å². The number of ether oxygens (including phenoxy) is 1. The fraction of sp³-hybridized carbons (Fsp3) is 0.250. The van der Waals surface area contributed by atoms with E-state index < -0.39 is 0 Å². The molecule has 0 amide bonds. The van der Waals surface area contributed by atoms with Crippen LogP contribution < -0.4 is 4.74 Å². The maximum absolute atomic E-state index is 6.37. The molecule has 0 radical (unpaired) electrons. The van der Waals surface area contributed by atoms with Gasteiger partial charge in [0.15, 0.2) is 0 Å². The van der Waals surface area contributed by atoms with E-state index in [0.717, 1.165) is 25.4 Å². The van der Waals surface area contributed by atoms with Crippen molar-refractivity contribution in [1.29, 1.82) is 0 Å². The van der Waals surface area contributed by atoms with Crippen LogP contribution in [0.5, 0.6) is 5.75 Å². The van der Waals surface area contributed by atoms with Crippen LogP contribution in [0.3, 0.4) is 0 Å². The second kappa shape index (κ2) is 10.7. The van der Waals surface area contributed by atoms with Crippen molar-refractivity contribution in [1.82, 2.24) is 4.90 Å². The van der Waals surface area contributed by atoms with Crippen molar-refractivity contribution < 1.29 is 4.74 Å². The zero-order valence-electron chi connectivity index (χ0n) is 20.8. The van der Waals surface area contributed by atoms with Gasteiger partial charge in [0, 0.05) is 6.54 Å². The van der Waals surface area contributed by atoms with Crippen LogP contribution in [0.4, 0.5) is 0 Å². The quantitative estimate of drug-likeness (QED) is 0.255. The highest BCUT2D eigenvalue weighted by atomic mass is 16.5. The highest BCUT2D eigenvalue weighted by Gasteiger charge is 2.22. The summed E-state index contributed by atoms with van der Waals surface area (Å²) in [6.45, 7) is 11.7. The lowest BCUT2D eigenvalue weighted by Gasteiger charge is -2.32. The molecular weight excluding hydrogens is 414 g/mol. The Labute approximate surface area is 204 Å². The van der Waals surface area contributed by atoms with Crippen molar-refractivity contribution >= 4 is 0 Å². The summed E-state index contributed by atoms with van der Waals surface area (Å²) in [5, 5.41) is 0. The highest BCUT2D eigenvalue weighted by Crippen LogP contribution is 2.33. The van der Waals surface area contributed by atoms with Gasteiger partial charge in [-0.05, 0) is 90.6 Å². The minimum absolute atomic E-state index is 0.249. The molecule has 0 aromatic heterocycles. The molecule has 0 N–H and O–H groups in total. The fourth-order valence-corrected chi connectivity index (χ4v) is 4.44. The molecule has 174 valence electrons. The molecule has 4 rings (SSSR count). The Morgan fingerprint density at radius 2 is 0.971 bits per heavy atom. The lowest BCUT2D eigenvalue weighted by atomic mass is 9.93. The predicted octanol–water partition coefficient (Wildman–Crippen LogP) is 8.19. The molecule has 0 heterocycles. The number of likely N-dealkylation sites (N-methyl/N-ethyl adjacent to an activating group) is 1. The minimum atomic E-state index is -0.249. The average Bonchev–Trinajstić information content (AvgIpc) is 2.88. The molecule has 0 spiro atoms. The number of benzene rings is 4. The Bertz CT molecular complexity index is 1120. The molecule has 0 aliphatic carbocycles. The van der Waals surface area contributed by atoms with Gasteiger partial charge in [0.05, 0.1) is 0 Å². The second-order valence-corrected chi connectivity index (χ2v) is 9.38. The van der Waals surface area contributed by atoms with Gasteiger partial charge < -0.3 is 4.74 Å². The second-order valence-electron chi connectivity index (χ2n) is 9.38. The topological polar surface area (TPSA) is 12.5 Å². The SMILES string of the molecule is CCN(CC)CC(C)(C)Oc1ccc(-c2cc(-c3ccccc3)cc(-c3ccccc3)c2)cc1. The monoisotopic (exact) mass is 449 g/mol. The van der Waals surface area contributed by atoms with Crippen LogP contribution in [0.1, 0.15) is 27.7 Å². The van der Waals surface area contributed by atoms with Gasteiger partial charge in [-0.25, -0.2) is 0 Å². The summed E-state index contributed by atoms with van der Waals surface area (Å²) in [4.78, 5) is 2.40. The summed E-state index contributed by atoms with van der Waals surface area (Å²) in [6, 6.07) is 36.5. The summed E-state index contributed by atoms with van der Waals surface area (Å²) in [5.74, 6) is 0.906. The van der Waals surface area contributed by atoms with E-state index in [9.17, 15) is 0 Å². The van der Waals surface area contributed by atoms with Crippen LogP contribution in [0, 0.1) is 0 Å². The highest BCUT2D eigenvalue weighted by molar-refractivity contribution is 5.81. The molecule has 4 aromatic rings. The molecule has 0 fully saturated rings. The molecule has 0 aliphatic rings. The first-order valence-electron chi connectivity index (χ1n) is 12.2. The molecule has 2 heteroatoms. The minimum Gasteiger partial charge on any atom is -0.487 e. The number of rotatable bonds is 9. The lowest BCUT2D eigenvalue weighted by Crippen LogP contribution is -2.42. The zero-order chi connectivity index (χ0) is 24.0. The van der Waals surface area contributed by atoms with E-state index in [4.69, 9.17) is 4.74 Å². The van der Waals surface area contributed by atoms with Crippen LogP contribution in [0.15, 0.2) is 103 Å². The van der Waals surface area contributed by atoms with Crippen molar-refractivity contribution in [2.24, 2.45) is 0 Å². The van der Waals surface area contributed by atoms with Gasteiger partial charge in [0.25, 0.3) is 0 Å². The van der Waals surface area contributed by atoms with Crippen LogP contribution in [-0.4, -0.2) is 30.1 Å². The average molecular weight is 450 g/mol. The third-order valence-electron chi connectivity index (χ3n) is 6.23. The van der Waals surface area contributed by atoms with E-state index in [2.05, 4.69) is 136 Å². The third-order valence-corrected chi connectivity index (χ3v) is 6.23. The molecule has 0 bridgehead atoms. The molecule has 0 aliphatic heterocycles. The Morgan fingerprint density at radius 1 is 0.559 bits per heavy atom. The summed E-state index contributed by atoms with van der Waals surface area (Å²) < 4.78 is 6.37. The van der Waals surface area contributed by atoms with E-state index >= 15 is 0 Å². The first-order valence-corrected chi connectivity index (χ1v) is 12.2. The predicted molar refractivity (Wildman–Crippen MR) is 145 cm³/mol. The van der Waals surface area contributed by atoms with Crippen LogP contribution >= 0.6 is 0 Å². The molecule has 0 saturated heterocycles. The summed E-state index contributed by atoms with van der Waals surface area (Å²) in [5.41, 5.74) is 7.02. The normalized spacial score (nSPS) is 11.6. The van der Waals surface area contributed by atoms with E-state index in [1.165, 1.54) is 33.4 Å². The van der Waals surface area contributed by atoms with Gasteiger partial charge >= 0.3 is 0 Å². The largest absolute Gasteiger partial charge is 0.487 e. The van der Waals surface area contributed by atoms with E-state index in [0.29, 0.717) is 0 Å². The number of nitrogens with zero attached hydrogens (tertiary/aromatic N) is 1. The molecular formula is C32H35NO. The van der Waals surface area contributed by atoms with Gasteiger partial charge in [0.2, 0.25) is 0 Å². The summed E-state index contributed by atoms with van der Waals surface area (Å²) in [7, 11) is 0. The number of hydrogen-bond acceptors (Lipinski definition) is 2. The van der Waals surface area contributed by atoms with Crippen molar-refractivity contribution in [3.05, 3.63) is 103 Å². The van der Waals surface area contributed by atoms with Gasteiger partial charge in [-0.15, -0.1) is 0 Å². The van der Waals surface area contributed by atoms with Gasteiger partial charge in [0.1, 0.15) is 11.4 Å². The molecule has 34 heavy (non-hydrogen) atoms. The summed E-state index contributed by atoms with van der Waals surface area (Å²) >= 11 is 0. The Balaban J connectivity index is 1.65. The Morgan fingerprint density at radius 3 is 1.38 bits per heavy atom. The zero-order valence-corrected chi connectivity index (χ0v) is 20.8. The maximum Gasteiger partial charge on any atom is 0.120 e. The van der Waals surface area contributed by atoms with Gasteiger partial charge in [-0.2, -0.15) is 0 Å². The van der Waals surface area contributed by atoms with Crippen LogP contribution in [0.2, 0.25) is 0 Å². The van der Waals surface area contributed by atoms with E-state index in [-0.39, 0.29) is 5.60 Å². The fourth-order valence-electron chi connectivity index (χ4n) is 4.44. The van der Waals surface area contributed by atoms with Crippen LogP contribution in [0.25, 0.3) is 33.4 Å². The number of hydrogen-bond donors (Lipinski definition) is 0. The van der Waals surface area contributed by atoms with Crippen molar-refractivity contribution in [2.75, 3.05) is 19.6 Å². The van der Waals surface area contributed by atoms with Crippen molar-refractivity contribution in [3.63, 3.8) is 0 Å². The molecule has 0 unspecified atom stereocenters. The first-order chi connectivity index (χ1) is 16.5. The van der Waals surface area contributed by atoms with E-state index in [1.807, 2.05) is 0 Å².